The van der Waals surface area contributed by atoms with E-state index >= 15 is 0 Å². The van der Waals surface area contributed by atoms with E-state index in [9.17, 15) is 4.79 Å². The van der Waals surface area contributed by atoms with E-state index in [0.29, 0.717) is 6.04 Å². The molecule has 1 saturated heterocycles. The van der Waals surface area contributed by atoms with E-state index in [0.717, 1.165) is 32.5 Å². The van der Waals surface area contributed by atoms with E-state index in [1.54, 1.807) is 7.05 Å². The summed E-state index contributed by atoms with van der Waals surface area (Å²) in [6, 6.07) is 9.06. The van der Waals surface area contributed by atoms with Crippen molar-refractivity contribution in [3.05, 3.63) is 29.8 Å². The fraction of sp³-hybridized carbons (Fsp3) is 0.588. The van der Waals surface area contributed by atoms with E-state index in [2.05, 4.69) is 53.6 Å². The Bertz CT molecular complexity index is 465. The molecule has 4 heteroatoms. The van der Waals surface area contributed by atoms with Gasteiger partial charge >= 0.3 is 0 Å². The maximum atomic E-state index is 11.7. The average molecular weight is 289 g/mol. The highest BCUT2D eigenvalue weighted by Crippen LogP contribution is 2.26. The number of carbonyl (C=O) groups excluding carboxylic acids is 1. The van der Waals surface area contributed by atoms with E-state index in [-0.39, 0.29) is 11.8 Å². The molecular weight excluding hydrogens is 262 g/mol. The number of nitrogens with zero attached hydrogens (tertiary/aromatic N) is 1. The number of piperidine rings is 1. The van der Waals surface area contributed by atoms with Crippen LogP contribution >= 0.6 is 0 Å². The van der Waals surface area contributed by atoms with Gasteiger partial charge in [0.15, 0.2) is 0 Å². The summed E-state index contributed by atoms with van der Waals surface area (Å²) < 4.78 is 0. The molecule has 1 aliphatic rings. The standard InChI is InChI=1S/C17H27N3O/c1-13(2)19-12-15-6-4-5-7-16(15)20-10-8-14(9-11-20)17(21)18-3/h4-7,13-14,19H,8-12H2,1-3H3,(H,18,21). The van der Waals surface area contributed by atoms with Gasteiger partial charge in [-0.1, -0.05) is 32.0 Å². The number of para-hydroxylation sites is 1. The Morgan fingerprint density at radius 3 is 2.57 bits per heavy atom. The molecule has 1 aromatic rings. The van der Waals surface area contributed by atoms with Gasteiger partial charge in [0.05, 0.1) is 0 Å². The van der Waals surface area contributed by atoms with E-state index in [4.69, 9.17) is 0 Å². The lowest BCUT2D eigenvalue weighted by Gasteiger charge is -2.34. The second-order valence-electron chi connectivity index (χ2n) is 6.04. The van der Waals surface area contributed by atoms with Gasteiger partial charge in [-0.3, -0.25) is 4.79 Å². The van der Waals surface area contributed by atoms with Crippen LogP contribution in [-0.4, -0.2) is 32.1 Å². The Morgan fingerprint density at radius 2 is 1.95 bits per heavy atom. The van der Waals surface area contributed by atoms with Gasteiger partial charge in [-0.05, 0) is 24.5 Å². The SMILES string of the molecule is CNC(=O)C1CCN(c2ccccc2CNC(C)C)CC1. The number of hydrogen-bond acceptors (Lipinski definition) is 3. The zero-order valence-electron chi connectivity index (χ0n) is 13.4. The van der Waals surface area contributed by atoms with Crippen LogP contribution < -0.4 is 15.5 Å². The topological polar surface area (TPSA) is 44.4 Å². The molecule has 0 bridgehead atoms. The first-order chi connectivity index (χ1) is 10.1. The summed E-state index contributed by atoms with van der Waals surface area (Å²) >= 11 is 0. The van der Waals surface area contributed by atoms with Crippen LogP contribution in [-0.2, 0) is 11.3 Å². The summed E-state index contributed by atoms with van der Waals surface area (Å²) in [5.74, 6) is 0.358. The molecule has 0 atom stereocenters. The third-order valence-corrected chi connectivity index (χ3v) is 4.15. The number of amides is 1. The smallest absolute Gasteiger partial charge is 0.222 e. The summed E-state index contributed by atoms with van der Waals surface area (Å²) in [5, 5.41) is 6.25. The maximum Gasteiger partial charge on any atom is 0.222 e. The summed E-state index contributed by atoms with van der Waals surface area (Å²) in [4.78, 5) is 14.1. The normalized spacial score (nSPS) is 16.3. The molecule has 1 amide bonds. The molecule has 0 unspecified atom stereocenters. The number of anilines is 1. The average Bonchev–Trinajstić information content (AvgIpc) is 2.52. The molecule has 0 spiro atoms. The van der Waals surface area contributed by atoms with Gasteiger partial charge in [0.1, 0.15) is 0 Å². The van der Waals surface area contributed by atoms with Crippen LogP contribution in [0, 0.1) is 5.92 Å². The summed E-state index contributed by atoms with van der Waals surface area (Å²) in [6.45, 7) is 7.13. The van der Waals surface area contributed by atoms with Crippen LogP contribution in [0.5, 0.6) is 0 Å². The summed E-state index contributed by atoms with van der Waals surface area (Å²) in [7, 11) is 1.72. The highest BCUT2D eigenvalue weighted by atomic mass is 16.1. The molecule has 21 heavy (non-hydrogen) atoms. The second-order valence-corrected chi connectivity index (χ2v) is 6.04. The van der Waals surface area contributed by atoms with Crippen LogP contribution in [0.25, 0.3) is 0 Å². The zero-order chi connectivity index (χ0) is 15.2. The quantitative estimate of drug-likeness (QED) is 0.873. The number of nitrogens with one attached hydrogen (secondary N) is 2. The molecule has 0 aliphatic carbocycles. The van der Waals surface area contributed by atoms with Crippen molar-refractivity contribution in [3.63, 3.8) is 0 Å². The lowest BCUT2D eigenvalue weighted by molar-refractivity contribution is -0.125. The number of carbonyl (C=O) groups is 1. The highest BCUT2D eigenvalue weighted by Gasteiger charge is 2.25. The van der Waals surface area contributed by atoms with Gasteiger partial charge in [-0.25, -0.2) is 0 Å². The van der Waals surface area contributed by atoms with Crippen molar-refractivity contribution in [2.24, 2.45) is 5.92 Å². The molecule has 2 N–H and O–H groups in total. The molecule has 116 valence electrons. The van der Waals surface area contributed by atoms with Gasteiger partial charge in [0, 0.05) is 44.3 Å². The van der Waals surface area contributed by atoms with E-state index in [1.807, 2.05) is 0 Å². The van der Waals surface area contributed by atoms with Crippen molar-refractivity contribution in [1.82, 2.24) is 10.6 Å². The van der Waals surface area contributed by atoms with Gasteiger partial charge in [-0.2, -0.15) is 0 Å². The predicted molar refractivity (Wildman–Crippen MR) is 87.4 cm³/mol. The molecule has 2 rings (SSSR count). The molecule has 1 fully saturated rings. The number of benzene rings is 1. The van der Waals surface area contributed by atoms with Crippen LogP contribution in [0.2, 0.25) is 0 Å². The molecular formula is C17H27N3O. The Hall–Kier alpha value is -1.55. The van der Waals surface area contributed by atoms with Crippen molar-refractivity contribution >= 4 is 11.6 Å². The van der Waals surface area contributed by atoms with Crippen molar-refractivity contribution in [1.29, 1.82) is 0 Å². The Balaban J connectivity index is 2.01. The molecule has 1 aliphatic heterocycles. The van der Waals surface area contributed by atoms with Gasteiger partial charge in [-0.15, -0.1) is 0 Å². The Kier molecular flexibility index (Phi) is 5.62. The zero-order valence-corrected chi connectivity index (χ0v) is 13.4. The second kappa shape index (κ2) is 7.46. The lowest BCUT2D eigenvalue weighted by atomic mass is 9.95. The lowest BCUT2D eigenvalue weighted by Crippen LogP contribution is -2.40. The van der Waals surface area contributed by atoms with Crippen LogP contribution in [0.1, 0.15) is 32.3 Å². The van der Waals surface area contributed by atoms with E-state index < -0.39 is 0 Å². The van der Waals surface area contributed by atoms with Crippen LogP contribution in [0.15, 0.2) is 24.3 Å². The molecule has 0 saturated carbocycles. The fourth-order valence-corrected chi connectivity index (χ4v) is 2.87. The van der Waals surface area contributed by atoms with Crippen molar-refractivity contribution < 1.29 is 4.79 Å². The monoisotopic (exact) mass is 289 g/mol. The third kappa shape index (κ3) is 4.21. The fourth-order valence-electron chi connectivity index (χ4n) is 2.87. The minimum atomic E-state index is 0.173. The van der Waals surface area contributed by atoms with Gasteiger partial charge in [0.25, 0.3) is 0 Å². The Morgan fingerprint density at radius 1 is 1.29 bits per heavy atom. The van der Waals surface area contributed by atoms with Gasteiger partial charge < -0.3 is 15.5 Å². The molecule has 4 nitrogen and oxygen atoms in total. The number of rotatable bonds is 5. The van der Waals surface area contributed by atoms with Gasteiger partial charge in [0.2, 0.25) is 5.91 Å². The first-order valence-corrected chi connectivity index (χ1v) is 7.89. The molecule has 1 heterocycles. The van der Waals surface area contributed by atoms with Crippen LogP contribution in [0.4, 0.5) is 5.69 Å². The minimum Gasteiger partial charge on any atom is -0.371 e. The third-order valence-electron chi connectivity index (χ3n) is 4.15. The summed E-state index contributed by atoms with van der Waals surface area (Å²) in [6.07, 6.45) is 1.87. The Labute approximate surface area is 127 Å². The summed E-state index contributed by atoms with van der Waals surface area (Å²) in [5.41, 5.74) is 2.64. The molecule has 0 radical (unpaired) electrons. The van der Waals surface area contributed by atoms with Crippen molar-refractivity contribution in [2.75, 3.05) is 25.0 Å². The number of hydrogen-bond donors (Lipinski definition) is 2. The maximum absolute atomic E-state index is 11.7. The predicted octanol–water partition coefficient (Wildman–Crippen LogP) is 2.15. The molecule has 0 aromatic heterocycles. The minimum absolute atomic E-state index is 0.173. The van der Waals surface area contributed by atoms with Crippen molar-refractivity contribution in [2.45, 2.75) is 39.3 Å². The largest absolute Gasteiger partial charge is 0.371 e. The first kappa shape index (κ1) is 15.8. The highest BCUT2D eigenvalue weighted by molar-refractivity contribution is 5.78. The van der Waals surface area contributed by atoms with E-state index in [1.165, 1.54) is 11.3 Å². The molecule has 1 aromatic carbocycles. The first-order valence-electron chi connectivity index (χ1n) is 7.89. The van der Waals surface area contributed by atoms with Crippen molar-refractivity contribution in [3.8, 4) is 0 Å². The van der Waals surface area contributed by atoms with Crippen LogP contribution in [0.3, 0.4) is 0 Å².